The maximum absolute atomic E-state index is 13.6. The van der Waals surface area contributed by atoms with Gasteiger partial charge in [-0.15, -0.1) is 0 Å². The van der Waals surface area contributed by atoms with Crippen molar-refractivity contribution in [3.05, 3.63) is 0 Å². The van der Waals surface area contributed by atoms with Crippen molar-refractivity contribution in [2.24, 2.45) is 11.8 Å². The molecule has 0 bridgehead atoms. The average Bonchev–Trinajstić information content (AvgIpc) is 3.68. The molecular weight excluding hydrogens is 556 g/mol. The van der Waals surface area contributed by atoms with E-state index in [4.69, 9.17) is 0 Å². The van der Waals surface area contributed by atoms with Gasteiger partial charge in [-0.25, -0.2) is 0 Å². The number of nitrogens with one attached hydrogen (secondary N) is 1. The van der Waals surface area contributed by atoms with Crippen LogP contribution in [0.4, 0.5) is 0 Å². The number of hydrogen-bond acceptors (Lipinski definition) is 6. The molecule has 4 heterocycles. The first-order valence-corrected chi connectivity index (χ1v) is 17.4. The number of rotatable bonds is 9. The molecule has 1 unspecified atom stereocenters. The SMILES string of the molecule is CC(C)C.CC(C)[C@@H](CN1CCC[C@H]1C(=O)N1CCCC1C(=O)N1CCCCC1)N(C)C(=O)CNC=O.CN1CCCCC1. The Morgan fingerprint density at radius 1 is 0.773 bits per heavy atom. The predicted molar refractivity (Wildman–Crippen MR) is 177 cm³/mol. The number of likely N-dealkylation sites (tertiary alicyclic amines) is 4. The van der Waals surface area contributed by atoms with Gasteiger partial charge in [-0.05, 0) is 96.3 Å². The fourth-order valence-corrected chi connectivity index (χ4v) is 6.64. The van der Waals surface area contributed by atoms with E-state index < -0.39 is 0 Å². The summed E-state index contributed by atoms with van der Waals surface area (Å²) in [6.07, 6.45) is 11.4. The maximum atomic E-state index is 13.6. The number of amides is 4. The fraction of sp³-hybridized carbons (Fsp3) is 0.882. The van der Waals surface area contributed by atoms with Gasteiger partial charge in [0, 0.05) is 39.3 Å². The highest BCUT2D eigenvalue weighted by atomic mass is 16.2. The van der Waals surface area contributed by atoms with E-state index in [-0.39, 0.29) is 48.3 Å². The zero-order valence-corrected chi connectivity index (χ0v) is 29.1. The minimum atomic E-state index is -0.322. The number of carbonyl (C=O) groups is 4. The molecule has 4 aliphatic heterocycles. The van der Waals surface area contributed by atoms with Crippen molar-refractivity contribution >= 4 is 24.1 Å². The van der Waals surface area contributed by atoms with Crippen LogP contribution in [0.15, 0.2) is 0 Å². The smallest absolute Gasteiger partial charge is 0.245 e. The minimum absolute atomic E-state index is 0.0281. The van der Waals surface area contributed by atoms with Gasteiger partial charge in [0.1, 0.15) is 6.04 Å². The Kier molecular flexibility index (Phi) is 17.3. The van der Waals surface area contributed by atoms with Crippen molar-refractivity contribution in [2.75, 3.05) is 66.5 Å². The first-order chi connectivity index (χ1) is 21.0. The molecule has 0 aromatic rings. The molecule has 4 aliphatic rings. The van der Waals surface area contributed by atoms with Crippen LogP contribution in [0.5, 0.6) is 0 Å². The summed E-state index contributed by atoms with van der Waals surface area (Å²) in [5.74, 6) is 1.08. The quantitative estimate of drug-likeness (QED) is 0.397. The van der Waals surface area contributed by atoms with Gasteiger partial charge < -0.3 is 24.9 Å². The van der Waals surface area contributed by atoms with Gasteiger partial charge in [-0.1, -0.05) is 41.0 Å². The average molecular weight is 621 g/mol. The van der Waals surface area contributed by atoms with E-state index in [0.717, 1.165) is 64.1 Å². The summed E-state index contributed by atoms with van der Waals surface area (Å²) in [6, 6.07) is -0.626. The van der Waals surface area contributed by atoms with Crippen LogP contribution in [0.1, 0.15) is 98.8 Å². The number of piperidine rings is 2. The van der Waals surface area contributed by atoms with E-state index in [1.165, 1.54) is 38.8 Å². The fourth-order valence-electron chi connectivity index (χ4n) is 6.64. The van der Waals surface area contributed by atoms with E-state index in [9.17, 15) is 19.2 Å². The second kappa shape index (κ2) is 20.0. The summed E-state index contributed by atoms with van der Waals surface area (Å²) < 4.78 is 0. The van der Waals surface area contributed by atoms with Crippen molar-refractivity contribution < 1.29 is 19.2 Å². The molecule has 1 N–H and O–H groups in total. The van der Waals surface area contributed by atoms with Crippen molar-refractivity contribution in [1.82, 2.24) is 29.8 Å². The minimum Gasteiger partial charge on any atom is -0.350 e. The first-order valence-electron chi connectivity index (χ1n) is 17.4. The highest BCUT2D eigenvalue weighted by Gasteiger charge is 2.42. The Morgan fingerprint density at radius 2 is 1.32 bits per heavy atom. The molecule has 0 spiro atoms. The Labute approximate surface area is 268 Å². The third-order valence-corrected chi connectivity index (χ3v) is 9.14. The second-order valence-electron chi connectivity index (χ2n) is 14.1. The van der Waals surface area contributed by atoms with E-state index >= 15 is 0 Å². The standard InChI is InChI=1S/C24H41N5O4.C6H13N.C4H10/c1-18(2)21(26(3)22(31)15-25-17-30)16-28-13-7-9-19(28)24(33)29-14-8-10-20(29)23(32)27-11-5-4-6-12-27;1-7-5-3-2-4-6-7;1-4(2)3/h17-21H,4-16H2,1-3H3,(H,25,30);2-6H2,1H3;4H,1-3H3/t19-,20?,21+;;/m0../s1. The Hall–Kier alpha value is -2.20. The molecule has 10 nitrogen and oxygen atoms in total. The zero-order valence-electron chi connectivity index (χ0n) is 29.1. The lowest BCUT2D eigenvalue weighted by Crippen LogP contribution is -2.56. The van der Waals surface area contributed by atoms with Crippen molar-refractivity contribution in [3.63, 3.8) is 0 Å². The third kappa shape index (κ3) is 12.3. The Morgan fingerprint density at radius 3 is 1.84 bits per heavy atom. The van der Waals surface area contributed by atoms with Crippen LogP contribution in [0.25, 0.3) is 0 Å². The highest BCUT2D eigenvalue weighted by Crippen LogP contribution is 2.28. The highest BCUT2D eigenvalue weighted by molar-refractivity contribution is 5.90. The van der Waals surface area contributed by atoms with Crippen LogP contribution < -0.4 is 5.32 Å². The topological polar surface area (TPSA) is 96.5 Å². The summed E-state index contributed by atoms with van der Waals surface area (Å²) >= 11 is 0. The van der Waals surface area contributed by atoms with Crippen LogP contribution in [-0.4, -0.2) is 133 Å². The molecule has 254 valence electrons. The summed E-state index contributed by atoms with van der Waals surface area (Å²) in [6.45, 7) is 16.9. The second-order valence-corrected chi connectivity index (χ2v) is 14.1. The van der Waals surface area contributed by atoms with E-state index in [2.05, 4.69) is 56.8 Å². The Balaban J connectivity index is 0.000000517. The van der Waals surface area contributed by atoms with Gasteiger partial charge in [-0.3, -0.25) is 24.1 Å². The monoisotopic (exact) mass is 620 g/mol. The molecule has 0 saturated carbocycles. The number of nitrogens with zero attached hydrogens (tertiary/aromatic N) is 5. The van der Waals surface area contributed by atoms with Gasteiger partial charge in [0.2, 0.25) is 24.1 Å². The van der Waals surface area contributed by atoms with Gasteiger partial charge in [-0.2, -0.15) is 0 Å². The zero-order chi connectivity index (χ0) is 32.6. The van der Waals surface area contributed by atoms with Crippen molar-refractivity contribution in [1.29, 1.82) is 0 Å². The summed E-state index contributed by atoms with van der Waals surface area (Å²) in [5.41, 5.74) is 0. The molecule has 3 atom stereocenters. The van der Waals surface area contributed by atoms with Crippen molar-refractivity contribution in [2.45, 2.75) is 117 Å². The van der Waals surface area contributed by atoms with Crippen LogP contribution >= 0.6 is 0 Å². The maximum Gasteiger partial charge on any atom is 0.245 e. The molecule has 44 heavy (non-hydrogen) atoms. The van der Waals surface area contributed by atoms with E-state index in [1.54, 1.807) is 11.9 Å². The lowest BCUT2D eigenvalue weighted by molar-refractivity contribution is -0.147. The normalized spacial score (nSPS) is 23.4. The largest absolute Gasteiger partial charge is 0.350 e. The predicted octanol–water partition coefficient (Wildman–Crippen LogP) is 3.45. The summed E-state index contributed by atoms with van der Waals surface area (Å²) in [5, 5.41) is 2.44. The Bertz CT molecular complexity index is 869. The first kappa shape index (κ1) is 38.0. The molecule has 0 radical (unpaired) electrons. The molecule has 0 aliphatic carbocycles. The molecule has 4 fully saturated rings. The van der Waals surface area contributed by atoms with Gasteiger partial charge >= 0.3 is 0 Å². The molecule has 4 saturated heterocycles. The third-order valence-electron chi connectivity index (χ3n) is 9.14. The van der Waals surface area contributed by atoms with Gasteiger partial charge in [0.05, 0.1) is 12.6 Å². The lowest BCUT2D eigenvalue weighted by atomic mass is 10.0. The molecule has 10 heteroatoms. The summed E-state index contributed by atoms with van der Waals surface area (Å²) in [4.78, 5) is 59.9. The molecule has 0 aromatic heterocycles. The lowest BCUT2D eigenvalue weighted by Gasteiger charge is -2.38. The van der Waals surface area contributed by atoms with E-state index in [0.29, 0.717) is 19.5 Å². The van der Waals surface area contributed by atoms with Crippen LogP contribution in [0.3, 0.4) is 0 Å². The van der Waals surface area contributed by atoms with E-state index in [1.807, 2.05) is 9.80 Å². The molecule has 4 rings (SSSR count). The van der Waals surface area contributed by atoms with Gasteiger partial charge in [0.25, 0.3) is 0 Å². The number of hydrogen-bond donors (Lipinski definition) is 1. The van der Waals surface area contributed by atoms with Gasteiger partial charge in [0.15, 0.2) is 0 Å². The van der Waals surface area contributed by atoms with Crippen LogP contribution in [0.2, 0.25) is 0 Å². The molecule has 4 amide bonds. The van der Waals surface area contributed by atoms with Crippen molar-refractivity contribution in [3.8, 4) is 0 Å². The number of likely N-dealkylation sites (N-methyl/N-ethyl adjacent to an activating group) is 1. The molecule has 0 aromatic carbocycles. The summed E-state index contributed by atoms with van der Waals surface area (Å²) in [7, 11) is 3.96. The van der Waals surface area contributed by atoms with Crippen LogP contribution in [0, 0.1) is 11.8 Å². The number of carbonyl (C=O) groups excluding carboxylic acids is 4. The molecular formula is C34H64N6O4. The van der Waals surface area contributed by atoms with Crippen LogP contribution in [-0.2, 0) is 19.2 Å².